The van der Waals surface area contributed by atoms with E-state index in [1.165, 1.54) is 0 Å². The topological polar surface area (TPSA) is 0 Å². The van der Waals surface area contributed by atoms with Crippen molar-refractivity contribution in [2.75, 3.05) is 0 Å². The summed E-state index contributed by atoms with van der Waals surface area (Å²) in [5.41, 5.74) is 0. The molecule has 16 heavy (non-hydrogen) atoms. The van der Waals surface area contributed by atoms with Crippen LogP contribution in [0.2, 0.25) is 0 Å². The number of hydrogen-bond acceptors (Lipinski definition) is 0. The standard InChI is InChI=1S/Ca.Cl3P.Cr.Cu.Fe.HI.K.Mg.Mn.Mo.Na.Se.Zn/c;1-4(2)3;;;;;;;;;;;/h;;;;;1H;;;;;;;. The molecule has 0 atom stereocenters. The summed E-state index contributed by atoms with van der Waals surface area (Å²) in [7, 11) is 0. The molecule has 0 heterocycles. The second-order valence-electron chi connectivity index (χ2n) is 0.192. The second kappa shape index (κ2) is 83.7. The maximum Gasteiger partial charge on any atom is 0.179 e. The van der Waals surface area contributed by atoms with Crippen LogP contribution in [0.25, 0.3) is 0 Å². The van der Waals surface area contributed by atoms with Gasteiger partial charge in [0.05, 0.1) is 0 Å². The van der Waals surface area contributed by atoms with E-state index in [9.17, 15) is 0 Å². The van der Waals surface area contributed by atoms with Gasteiger partial charge in [-0.2, -0.15) is 0 Å². The molecule has 0 unspecified atom stereocenters. The summed E-state index contributed by atoms with van der Waals surface area (Å²) < 4.78 is 0. The van der Waals surface area contributed by atoms with E-state index in [2.05, 4.69) is 0 Å². The van der Waals surface area contributed by atoms with Gasteiger partial charge in [0.1, 0.15) is 0 Å². The molecule has 0 aromatic rings. The van der Waals surface area contributed by atoms with Crippen LogP contribution >= 0.6 is 63.7 Å². The van der Waals surface area contributed by atoms with Crippen LogP contribution in [0.4, 0.5) is 0 Å². The van der Waals surface area contributed by atoms with E-state index in [-0.39, 0.29) is 292 Å². The molecule has 0 aliphatic carbocycles. The van der Waals surface area contributed by atoms with Crippen molar-refractivity contribution < 1.29 is 109 Å². The Hall–Kier alpha value is 10.6. The molecule has 86 valence electrons. The minimum atomic E-state index is -1.20. The summed E-state index contributed by atoms with van der Waals surface area (Å²) in [6.07, 6.45) is 0. The predicted octanol–water partition coefficient (Wildman–Crippen LogP) is 1.63. The molecule has 0 aromatic heterocycles. The van der Waals surface area contributed by atoms with Gasteiger partial charge in [-0.1, -0.05) is 33.7 Å². The molecule has 0 fully saturated rings. The maximum absolute atomic E-state index is 4.87. The van der Waals surface area contributed by atoms with Crippen LogP contribution in [0, 0.1) is 0 Å². The minimum absolute atomic E-state index is 0. The van der Waals surface area contributed by atoms with E-state index >= 15 is 0 Å². The smallest absolute Gasteiger partial charge is 0.107 e. The Kier molecular flexibility index (Phi) is 493. The van der Waals surface area contributed by atoms with Crippen LogP contribution < -0.4 is 0 Å². The Morgan fingerprint density at radius 1 is 1.00 bits per heavy atom. The van der Waals surface area contributed by atoms with Crippen LogP contribution in [0.3, 0.4) is 0 Å². The van der Waals surface area contributed by atoms with Gasteiger partial charge < -0.3 is 0 Å². The fourth-order valence-electron chi connectivity index (χ4n) is 0. The van der Waals surface area contributed by atoms with Crippen molar-refractivity contribution in [3.8, 4) is 0 Å². The summed E-state index contributed by atoms with van der Waals surface area (Å²) in [4.78, 5) is 0. The fraction of sp³-hybridized carbons (Fsp3) is 0. The molecule has 16 heteroatoms. The first kappa shape index (κ1) is 94.2. The van der Waals surface area contributed by atoms with E-state index in [4.69, 9.17) is 33.7 Å². The zero-order chi connectivity index (χ0) is 3.58. The first-order chi connectivity index (χ1) is 1.73. The third-order valence-electron chi connectivity index (χ3n) is 0. The summed E-state index contributed by atoms with van der Waals surface area (Å²) in [5.74, 6) is -1.20. The Morgan fingerprint density at radius 2 is 1.00 bits per heavy atom. The second-order valence-corrected chi connectivity index (χ2v) is 5.17. The molecule has 0 nitrogen and oxygen atoms in total. The van der Waals surface area contributed by atoms with E-state index in [1.54, 1.807) is 0 Å². The van der Waals surface area contributed by atoms with Gasteiger partial charge in [0.2, 0.25) is 0 Å². The predicted molar refractivity (Wildman–Crippen MR) is 68.7 cm³/mol. The summed E-state index contributed by atoms with van der Waals surface area (Å²) in [6, 6.07) is 0. The molecule has 0 aromatic carbocycles. The molecule has 0 aliphatic heterocycles. The molecule has 0 spiro atoms. The SMILES string of the molecule is ClP(Cl)Cl.I.[Ca].[Cr].[Cu].[Fe].[K].[Mg].[Mn].[Mo].[Na].[Se].[Zn]. The number of rotatable bonds is 0. The molecule has 10 radical (unpaired) electrons. The van der Waals surface area contributed by atoms with Crippen LogP contribution in [0.5, 0.6) is 0 Å². The number of hydrogen-bond donors (Lipinski definition) is 0. The van der Waals surface area contributed by atoms with Gasteiger partial charge in [-0.3, -0.25) is 0 Å². The van der Waals surface area contributed by atoms with Gasteiger partial charge in [-0.15, -0.1) is 24.0 Å². The van der Waals surface area contributed by atoms with Crippen molar-refractivity contribution in [1.29, 1.82) is 0 Å². The average molecular weight is 858 g/mol. The summed E-state index contributed by atoms with van der Waals surface area (Å²) >= 11 is 14.6. The first-order valence-electron chi connectivity index (χ1n) is 0.507. The normalized spacial score (nSPS) is 2.25. The molecular formula is HCaCl3CrCuFeIKMgMnMoNaPSeZn. The molecule has 0 bridgehead atoms. The molecule has 0 aliphatic rings. The summed E-state index contributed by atoms with van der Waals surface area (Å²) in [5, 5.41) is 0. The quantitative estimate of drug-likeness (QED) is 0.198. The molecule has 0 rings (SSSR count). The molecule has 0 saturated heterocycles. The van der Waals surface area contributed by atoms with Crippen LogP contribution in [0.1, 0.15) is 0 Å². The van der Waals surface area contributed by atoms with Crippen LogP contribution in [-0.2, 0) is 109 Å². The third-order valence-corrected chi connectivity index (χ3v) is 0. The van der Waals surface area contributed by atoms with E-state index < -0.39 is 5.98 Å². The Bertz CT molecular complexity index is 64.0. The van der Waals surface area contributed by atoms with Crippen molar-refractivity contribution >= 4 is 222 Å². The van der Waals surface area contributed by atoms with Gasteiger partial charge in [-0.25, -0.2) is 0 Å². The zero-order valence-electron chi connectivity index (χ0n) is 8.37. The third kappa shape index (κ3) is 122. The monoisotopic (exact) mass is 857 g/mol. The Labute approximate surface area is 322 Å². The van der Waals surface area contributed by atoms with Gasteiger partial charge in [0.15, 0.2) is 5.98 Å². The zero-order valence-corrected chi connectivity index (χ0v) is 33.8. The fourth-order valence-corrected chi connectivity index (χ4v) is 0. The first-order valence-corrected chi connectivity index (χ1v) is 4.56. The van der Waals surface area contributed by atoms with E-state index in [0.29, 0.717) is 0 Å². The van der Waals surface area contributed by atoms with Crippen molar-refractivity contribution in [2.45, 2.75) is 0 Å². The van der Waals surface area contributed by atoms with Crippen molar-refractivity contribution in [1.82, 2.24) is 0 Å². The van der Waals surface area contributed by atoms with Gasteiger partial charge in [0, 0.05) is 268 Å². The van der Waals surface area contributed by atoms with Crippen molar-refractivity contribution in [2.24, 2.45) is 0 Å². The summed E-state index contributed by atoms with van der Waals surface area (Å²) in [6.45, 7) is 0. The van der Waals surface area contributed by atoms with Gasteiger partial charge in [-0.05, 0) is 0 Å². The average Bonchev–Trinajstić information content (AvgIpc) is 0.811. The Balaban J connectivity index is -0.000000000682. The van der Waals surface area contributed by atoms with Crippen molar-refractivity contribution in [3.05, 3.63) is 0 Å². The maximum atomic E-state index is 4.87. The van der Waals surface area contributed by atoms with E-state index in [1.807, 2.05) is 0 Å². The molecule has 0 saturated carbocycles. The molecule has 0 amide bonds. The molecular weight excluding hydrogens is 857 g/mol. The largest absolute Gasteiger partial charge is 0.179 e. The van der Waals surface area contributed by atoms with Crippen LogP contribution in [0.15, 0.2) is 0 Å². The number of halogens is 4. The Morgan fingerprint density at radius 3 is 1.00 bits per heavy atom. The van der Waals surface area contributed by atoms with E-state index in [0.717, 1.165) is 0 Å². The van der Waals surface area contributed by atoms with Gasteiger partial charge in [0.25, 0.3) is 0 Å². The van der Waals surface area contributed by atoms with Crippen LogP contribution in [-0.4, -0.2) is 159 Å². The molecule has 0 N–H and O–H groups in total. The minimum Gasteiger partial charge on any atom is -0.107 e. The van der Waals surface area contributed by atoms with Gasteiger partial charge >= 0.3 is 0 Å². The van der Waals surface area contributed by atoms with Crippen molar-refractivity contribution in [3.63, 3.8) is 0 Å².